The Balaban J connectivity index is 0.00000225. The molecule has 92 valence electrons. The Morgan fingerprint density at radius 2 is 2.12 bits per heavy atom. The summed E-state index contributed by atoms with van der Waals surface area (Å²) in [5.74, 6) is 0.118. The van der Waals surface area contributed by atoms with E-state index in [2.05, 4.69) is 17.6 Å². The molecule has 2 N–H and O–H groups in total. The SMILES string of the molecule is CNCCCNC(=O)Cc1ccc(C)s1.Cl. The number of hydrogen-bond acceptors (Lipinski definition) is 3. The number of hydrogen-bond donors (Lipinski definition) is 2. The van der Waals surface area contributed by atoms with Gasteiger partial charge < -0.3 is 10.6 Å². The van der Waals surface area contributed by atoms with Gasteiger partial charge in [-0.05, 0) is 39.1 Å². The van der Waals surface area contributed by atoms with Gasteiger partial charge >= 0.3 is 0 Å². The Morgan fingerprint density at radius 1 is 1.38 bits per heavy atom. The number of amides is 1. The summed E-state index contributed by atoms with van der Waals surface area (Å²) in [4.78, 5) is 13.9. The van der Waals surface area contributed by atoms with E-state index in [1.807, 2.05) is 19.2 Å². The molecule has 1 aromatic heterocycles. The molecule has 1 aromatic rings. The van der Waals surface area contributed by atoms with Gasteiger partial charge in [0.1, 0.15) is 0 Å². The second-order valence-electron chi connectivity index (χ2n) is 3.50. The van der Waals surface area contributed by atoms with Gasteiger partial charge in [-0.15, -0.1) is 23.7 Å². The van der Waals surface area contributed by atoms with Gasteiger partial charge in [-0.25, -0.2) is 0 Å². The molecular formula is C11H19ClN2OS. The molecule has 0 bridgehead atoms. The summed E-state index contributed by atoms with van der Waals surface area (Å²) < 4.78 is 0. The van der Waals surface area contributed by atoms with Crippen LogP contribution in [0.15, 0.2) is 12.1 Å². The molecule has 0 saturated heterocycles. The normalized spacial score (nSPS) is 9.62. The molecule has 0 aliphatic heterocycles. The monoisotopic (exact) mass is 262 g/mol. The summed E-state index contributed by atoms with van der Waals surface area (Å²) in [6, 6.07) is 4.07. The number of rotatable bonds is 6. The average Bonchev–Trinajstić information content (AvgIpc) is 2.59. The number of carbonyl (C=O) groups excluding carboxylic acids is 1. The van der Waals surface area contributed by atoms with Crippen molar-refractivity contribution in [2.24, 2.45) is 0 Å². The highest BCUT2D eigenvalue weighted by molar-refractivity contribution is 7.12. The van der Waals surface area contributed by atoms with Gasteiger partial charge in [0.15, 0.2) is 0 Å². The topological polar surface area (TPSA) is 41.1 Å². The molecule has 1 rings (SSSR count). The van der Waals surface area contributed by atoms with Crippen LogP contribution in [-0.2, 0) is 11.2 Å². The largest absolute Gasteiger partial charge is 0.356 e. The van der Waals surface area contributed by atoms with Crippen molar-refractivity contribution in [2.45, 2.75) is 19.8 Å². The first-order valence-electron chi connectivity index (χ1n) is 5.19. The van der Waals surface area contributed by atoms with E-state index < -0.39 is 0 Å². The Morgan fingerprint density at radius 3 is 2.69 bits per heavy atom. The second-order valence-corrected chi connectivity index (χ2v) is 4.87. The smallest absolute Gasteiger partial charge is 0.225 e. The Hall–Kier alpha value is -0.580. The van der Waals surface area contributed by atoms with Gasteiger partial charge in [0, 0.05) is 16.3 Å². The van der Waals surface area contributed by atoms with Gasteiger partial charge in [-0.2, -0.15) is 0 Å². The van der Waals surface area contributed by atoms with E-state index in [0.29, 0.717) is 6.42 Å². The molecule has 1 heterocycles. The lowest BCUT2D eigenvalue weighted by Crippen LogP contribution is -2.27. The molecule has 3 nitrogen and oxygen atoms in total. The molecule has 0 aliphatic carbocycles. The molecule has 1 amide bonds. The fourth-order valence-corrected chi connectivity index (χ4v) is 2.18. The van der Waals surface area contributed by atoms with Crippen LogP contribution in [0.4, 0.5) is 0 Å². The fourth-order valence-electron chi connectivity index (χ4n) is 1.29. The van der Waals surface area contributed by atoms with Crippen LogP contribution in [0.5, 0.6) is 0 Å². The van der Waals surface area contributed by atoms with Gasteiger partial charge in [0.25, 0.3) is 0 Å². The summed E-state index contributed by atoms with van der Waals surface area (Å²) in [5, 5.41) is 5.95. The third-order valence-corrected chi connectivity index (χ3v) is 3.06. The number of carbonyl (C=O) groups is 1. The van der Waals surface area contributed by atoms with Gasteiger partial charge in [0.2, 0.25) is 5.91 Å². The van der Waals surface area contributed by atoms with Crippen LogP contribution in [0.25, 0.3) is 0 Å². The molecule has 5 heteroatoms. The van der Waals surface area contributed by atoms with Crippen LogP contribution >= 0.6 is 23.7 Å². The predicted molar refractivity (Wildman–Crippen MR) is 71.6 cm³/mol. The Labute approximate surface area is 107 Å². The quantitative estimate of drug-likeness (QED) is 0.767. The molecule has 0 radical (unpaired) electrons. The average molecular weight is 263 g/mol. The first-order valence-corrected chi connectivity index (χ1v) is 6.00. The van der Waals surface area contributed by atoms with E-state index >= 15 is 0 Å². The number of thiophene rings is 1. The van der Waals surface area contributed by atoms with Crippen LogP contribution in [-0.4, -0.2) is 26.0 Å². The maximum atomic E-state index is 11.5. The molecule has 0 unspecified atom stereocenters. The standard InChI is InChI=1S/C11H18N2OS.ClH/c1-9-4-5-10(15-9)8-11(14)13-7-3-6-12-2;/h4-5,12H,3,6-8H2,1-2H3,(H,13,14);1H. The van der Waals surface area contributed by atoms with Gasteiger partial charge in [-0.1, -0.05) is 0 Å². The highest BCUT2D eigenvalue weighted by atomic mass is 35.5. The summed E-state index contributed by atoms with van der Waals surface area (Å²) in [6.45, 7) is 3.75. The molecule has 0 aromatic carbocycles. The minimum atomic E-state index is 0. The lowest BCUT2D eigenvalue weighted by Gasteiger charge is -2.03. The van der Waals surface area contributed by atoms with E-state index in [1.165, 1.54) is 4.88 Å². The summed E-state index contributed by atoms with van der Waals surface area (Å²) in [6.07, 6.45) is 1.49. The molecule has 0 spiro atoms. The minimum Gasteiger partial charge on any atom is -0.356 e. The van der Waals surface area contributed by atoms with Gasteiger partial charge in [0.05, 0.1) is 6.42 Å². The summed E-state index contributed by atoms with van der Waals surface area (Å²) >= 11 is 1.69. The summed E-state index contributed by atoms with van der Waals surface area (Å²) in [5.41, 5.74) is 0. The number of nitrogens with one attached hydrogen (secondary N) is 2. The third-order valence-electron chi connectivity index (χ3n) is 2.06. The van der Waals surface area contributed by atoms with E-state index in [9.17, 15) is 4.79 Å². The zero-order valence-electron chi connectivity index (χ0n) is 9.71. The second kappa shape index (κ2) is 8.56. The highest BCUT2D eigenvalue weighted by Crippen LogP contribution is 2.15. The lowest BCUT2D eigenvalue weighted by atomic mass is 10.3. The highest BCUT2D eigenvalue weighted by Gasteiger charge is 2.03. The van der Waals surface area contributed by atoms with Gasteiger partial charge in [-0.3, -0.25) is 4.79 Å². The van der Waals surface area contributed by atoms with Crippen molar-refractivity contribution in [1.82, 2.24) is 10.6 Å². The Bertz CT molecular complexity index is 315. The zero-order chi connectivity index (χ0) is 11.1. The number of halogens is 1. The number of aryl methyl sites for hydroxylation is 1. The van der Waals surface area contributed by atoms with E-state index in [0.717, 1.165) is 24.4 Å². The Kier molecular flexibility index (Phi) is 8.25. The van der Waals surface area contributed by atoms with Crippen molar-refractivity contribution in [3.63, 3.8) is 0 Å². The molecule has 0 aliphatic rings. The van der Waals surface area contributed by atoms with Crippen LogP contribution < -0.4 is 10.6 Å². The zero-order valence-corrected chi connectivity index (χ0v) is 11.3. The van der Waals surface area contributed by atoms with Crippen molar-refractivity contribution in [3.05, 3.63) is 21.9 Å². The first-order chi connectivity index (χ1) is 7.22. The fraction of sp³-hybridized carbons (Fsp3) is 0.545. The minimum absolute atomic E-state index is 0. The molecular weight excluding hydrogens is 244 g/mol. The van der Waals surface area contributed by atoms with E-state index in [1.54, 1.807) is 11.3 Å². The predicted octanol–water partition coefficient (Wildman–Crippen LogP) is 1.75. The van der Waals surface area contributed by atoms with Crippen molar-refractivity contribution < 1.29 is 4.79 Å². The van der Waals surface area contributed by atoms with E-state index in [-0.39, 0.29) is 18.3 Å². The summed E-state index contributed by atoms with van der Waals surface area (Å²) in [7, 11) is 1.91. The maximum Gasteiger partial charge on any atom is 0.225 e. The van der Waals surface area contributed by atoms with Crippen LogP contribution in [0.1, 0.15) is 16.2 Å². The van der Waals surface area contributed by atoms with Crippen molar-refractivity contribution in [2.75, 3.05) is 20.1 Å². The molecule has 16 heavy (non-hydrogen) atoms. The van der Waals surface area contributed by atoms with Crippen molar-refractivity contribution in [3.8, 4) is 0 Å². The lowest BCUT2D eigenvalue weighted by molar-refractivity contribution is -0.120. The van der Waals surface area contributed by atoms with E-state index in [4.69, 9.17) is 0 Å². The van der Waals surface area contributed by atoms with Crippen molar-refractivity contribution >= 4 is 29.7 Å². The first kappa shape index (κ1) is 15.4. The van der Waals surface area contributed by atoms with Crippen molar-refractivity contribution in [1.29, 1.82) is 0 Å². The molecule has 0 saturated carbocycles. The van der Waals surface area contributed by atoms with Crippen LogP contribution in [0.2, 0.25) is 0 Å². The van der Waals surface area contributed by atoms with Crippen LogP contribution in [0.3, 0.4) is 0 Å². The molecule has 0 atom stereocenters. The maximum absolute atomic E-state index is 11.5. The third kappa shape index (κ3) is 6.10. The molecule has 0 fully saturated rings. The van der Waals surface area contributed by atoms with Crippen LogP contribution in [0, 0.1) is 6.92 Å².